The maximum atomic E-state index is 5.84. The van der Waals surface area contributed by atoms with Crippen molar-refractivity contribution in [1.82, 2.24) is 0 Å². The summed E-state index contributed by atoms with van der Waals surface area (Å²) in [5.41, 5.74) is 8.55. The van der Waals surface area contributed by atoms with Gasteiger partial charge in [0.25, 0.3) is 0 Å². The molecule has 0 amide bonds. The molecule has 2 unspecified atom stereocenters. The molecule has 18 heavy (non-hydrogen) atoms. The second-order valence-corrected chi connectivity index (χ2v) is 5.11. The fourth-order valence-corrected chi connectivity index (χ4v) is 2.16. The Kier molecular flexibility index (Phi) is 6.20. The molecule has 0 aromatic heterocycles. The molecule has 1 rings (SSSR count). The number of hydrogen-bond acceptors (Lipinski definition) is 2. The lowest BCUT2D eigenvalue weighted by Gasteiger charge is -2.18. The van der Waals surface area contributed by atoms with E-state index in [1.54, 1.807) is 0 Å². The van der Waals surface area contributed by atoms with Gasteiger partial charge in [-0.2, -0.15) is 0 Å². The molecule has 0 spiro atoms. The van der Waals surface area contributed by atoms with Crippen LogP contribution < -0.4 is 10.5 Å². The van der Waals surface area contributed by atoms with Gasteiger partial charge in [0.05, 0.1) is 6.61 Å². The molecule has 0 bridgehead atoms. The number of hydrogen-bond donors (Lipinski definition) is 1. The van der Waals surface area contributed by atoms with Crippen molar-refractivity contribution in [3.05, 3.63) is 29.3 Å². The quantitative estimate of drug-likeness (QED) is 0.796. The molecule has 2 atom stereocenters. The third-order valence-electron chi connectivity index (χ3n) is 3.37. The van der Waals surface area contributed by atoms with E-state index in [0.717, 1.165) is 31.6 Å². The summed E-state index contributed by atoms with van der Waals surface area (Å²) in [5.74, 6) is 1.54. The van der Waals surface area contributed by atoms with Crippen LogP contribution in [-0.4, -0.2) is 12.6 Å². The van der Waals surface area contributed by atoms with E-state index in [1.165, 1.54) is 11.1 Å². The molecule has 0 heterocycles. The Balaban J connectivity index is 2.87. The van der Waals surface area contributed by atoms with Crippen LogP contribution >= 0.6 is 0 Å². The van der Waals surface area contributed by atoms with E-state index in [9.17, 15) is 0 Å². The molecule has 1 aromatic carbocycles. The van der Waals surface area contributed by atoms with Crippen molar-refractivity contribution in [3.8, 4) is 5.75 Å². The topological polar surface area (TPSA) is 35.2 Å². The van der Waals surface area contributed by atoms with Crippen LogP contribution in [-0.2, 0) is 6.42 Å². The predicted octanol–water partition coefficient (Wildman–Crippen LogP) is 3.88. The molecule has 1 aromatic rings. The summed E-state index contributed by atoms with van der Waals surface area (Å²) in [7, 11) is 0. The van der Waals surface area contributed by atoms with Gasteiger partial charge in [0.15, 0.2) is 0 Å². The van der Waals surface area contributed by atoms with Gasteiger partial charge in [-0.25, -0.2) is 0 Å². The van der Waals surface area contributed by atoms with Gasteiger partial charge in [-0.3, -0.25) is 0 Å². The minimum atomic E-state index is 0.275. The van der Waals surface area contributed by atoms with E-state index in [2.05, 4.69) is 39.0 Å². The molecule has 2 nitrogen and oxygen atoms in total. The summed E-state index contributed by atoms with van der Waals surface area (Å²) < 4.78 is 5.73. The van der Waals surface area contributed by atoms with Crippen LogP contribution in [0.15, 0.2) is 18.2 Å². The van der Waals surface area contributed by atoms with E-state index >= 15 is 0 Å². The van der Waals surface area contributed by atoms with E-state index in [0.29, 0.717) is 5.92 Å². The standard InChI is InChI=1S/C16H27NO/c1-5-14-9-10-16(18-6-2)15(11-14)12(3)7-8-13(4)17/h9-13H,5-8,17H2,1-4H3. The van der Waals surface area contributed by atoms with E-state index in [-0.39, 0.29) is 6.04 Å². The van der Waals surface area contributed by atoms with Gasteiger partial charge >= 0.3 is 0 Å². The second-order valence-electron chi connectivity index (χ2n) is 5.11. The average molecular weight is 249 g/mol. The number of ether oxygens (including phenoxy) is 1. The number of aryl methyl sites for hydroxylation is 1. The van der Waals surface area contributed by atoms with Gasteiger partial charge < -0.3 is 10.5 Å². The van der Waals surface area contributed by atoms with Crippen molar-refractivity contribution in [3.63, 3.8) is 0 Å². The van der Waals surface area contributed by atoms with Gasteiger partial charge in [0, 0.05) is 6.04 Å². The van der Waals surface area contributed by atoms with Gasteiger partial charge in [-0.05, 0) is 56.2 Å². The third kappa shape index (κ3) is 4.34. The Bertz CT molecular complexity index is 360. The lowest BCUT2D eigenvalue weighted by Crippen LogP contribution is -2.15. The summed E-state index contributed by atoms with van der Waals surface area (Å²) in [4.78, 5) is 0. The van der Waals surface area contributed by atoms with Crippen LogP contribution in [0.4, 0.5) is 0 Å². The highest BCUT2D eigenvalue weighted by molar-refractivity contribution is 5.39. The molecule has 0 saturated heterocycles. The lowest BCUT2D eigenvalue weighted by atomic mass is 9.92. The third-order valence-corrected chi connectivity index (χ3v) is 3.37. The smallest absolute Gasteiger partial charge is 0.122 e. The van der Waals surface area contributed by atoms with Crippen LogP contribution in [0.5, 0.6) is 5.75 Å². The van der Waals surface area contributed by atoms with Crippen LogP contribution in [0.25, 0.3) is 0 Å². The Hall–Kier alpha value is -1.02. The maximum absolute atomic E-state index is 5.84. The molecular weight excluding hydrogens is 222 g/mol. The summed E-state index contributed by atoms with van der Waals surface area (Å²) >= 11 is 0. The summed E-state index contributed by atoms with van der Waals surface area (Å²) in [6, 6.07) is 6.83. The second kappa shape index (κ2) is 7.42. The number of benzene rings is 1. The highest BCUT2D eigenvalue weighted by Crippen LogP contribution is 2.31. The number of nitrogens with two attached hydrogens (primary N) is 1. The van der Waals surface area contributed by atoms with Crippen LogP contribution in [0.2, 0.25) is 0 Å². The first-order valence-electron chi connectivity index (χ1n) is 7.09. The van der Waals surface area contributed by atoms with Crippen molar-refractivity contribution >= 4 is 0 Å². The highest BCUT2D eigenvalue weighted by Gasteiger charge is 2.13. The zero-order valence-corrected chi connectivity index (χ0v) is 12.2. The van der Waals surface area contributed by atoms with Gasteiger partial charge in [0.1, 0.15) is 5.75 Å². The summed E-state index contributed by atoms with van der Waals surface area (Å²) in [6.45, 7) is 9.27. The minimum absolute atomic E-state index is 0.275. The Morgan fingerprint density at radius 1 is 1.17 bits per heavy atom. The molecule has 2 heteroatoms. The van der Waals surface area contributed by atoms with Crippen molar-refractivity contribution in [2.75, 3.05) is 6.61 Å². The summed E-state index contributed by atoms with van der Waals surface area (Å²) in [6.07, 6.45) is 3.24. The van der Waals surface area contributed by atoms with Crippen LogP contribution in [0, 0.1) is 0 Å². The highest BCUT2D eigenvalue weighted by atomic mass is 16.5. The summed E-state index contributed by atoms with van der Waals surface area (Å²) in [5, 5.41) is 0. The monoisotopic (exact) mass is 249 g/mol. The number of rotatable bonds is 7. The maximum Gasteiger partial charge on any atom is 0.122 e. The van der Waals surface area contributed by atoms with Gasteiger partial charge in [0.2, 0.25) is 0 Å². The minimum Gasteiger partial charge on any atom is -0.494 e. The van der Waals surface area contributed by atoms with Gasteiger partial charge in [-0.1, -0.05) is 26.0 Å². The van der Waals surface area contributed by atoms with Crippen molar-refractivity contribution < 1.29 is 4.74 Å². The Labute approximate surface area is 112 Å². The fourth-order valence-electron chi connectivity index (χ4n) is 2.16. The molecule has 0 aliphatic heterocycles. The van der Waals surface area contributed by atoms with Crippen molar-refractivity contribution in [1.29, 1.82) is 0 Å². The molecule has 0 aliphatic carbocycles. The first-order chi connectivity index (χ1) is 8.58. The van der Waals surface area contributed by atoms with Crippen LogP contribution in [0.1, 0.15) is 57.6 Å². The van der Waals surface area contributed by atoms with E-state index < -0.39 is 0 Å². The van der Waals surface area contributed by atoms with Gasteiger partial charge in [-0.15, -0.1) is 0 Å². The lowest BCUT2D eigenvalue weighted by molar-refractivity contribution is 0.333. The van der Waals surface area contributed by atoms with E-state index in [4.69, 9.17) is 10.5 Å². The molecule has 102 valence electrons. The molecule has 0 radical (unpaired) electrons. The Morgan fingerprint density at radius 3 is 2.44 bits per heavy atom. The SMILES string of the molecule is CCOc1ccc(CC)cc1C(C)CCC(C)N. The first kappa shape index (κ1) is 15.0. The zero-order valence-electron chi connectivity index (χ0n) is 12.2. The van der Waals surface area contributed by atoms with E-state index in [1.807, 2.05) is 6.92 Å². The van der Waals surface area contributed by atoms with Crippen LogP contribution in [0.3, 0.4) is 0 Å². The Morgan fingerprint density at radius 2 is 1.89 bits per heavy atom. The fraction of sp³-hybridized carbons (Fsp3) is 0.625. The normalized spacial score (nSPS) is 14.3. The molecule has 0 saturated carbocycles. The zero-order chi connectivity index (χ0) is 13.5. The predicted molar refractivity (Wildman–Crippen MR) is 78.3 cm³/mol. The van der Waals surface area contributed by atoms with Crippen molar-refractivity contribution in [2.45, 2.75) is 58.9 Å². The molecule has 0 aliphatic rings. The van der Waals surface area contributed by atoms with Crippen molar-refractivity contribution in [2.24, 2.45) is 5.73 Å². The largest absolute Gasteiger partial charge is 0.494 e. The molecule has 0 fully saturated rings. The molecule has 2 N–H and O–H groups in total. The average Bonchev–Trinajstić information content (AvgIpc) is 2.36. The first-order valence-corrected chi connectivity index (χ1v) is 7.09. The molecular formula is C16H27NO.